The Morgan fingerprint density at radius 2 is 0.655 bits per heavy atom. The quantitative estimate of drug-likeness (QED) is 0.140. The molecule has 0 aliphatic carbocycles. The van der Waals surface area contributed by atoms with Crippen molar-refractivity contribution in [3.05, 3.63) is 280 Å². The lowest BCUT2D eigenvalue weighted by molar-refractivity contribution is 0.102. The summed E-state index contributed by atoms with van der Waals surface area (Å²) in [6.07, 6.45) is 0. The number of hydrogen-bond donors (Lipinski definition) is 0. The van der Waals surface area contributed by atoms with E-state index in [1.54, 1.807) is 42.5 Å². The van der Waals surface area contributed by atoms with Gasteiger partial charge in [-0.3, -0.25) is 32.9 Å². The molecule has 0 N–H and O–H groups in total. The van der Waals surface area contributed by atoms with Gasteiger partial charge >= 0.3 is 0 Å². The summed E-state index contributed by atoms with van der Waals surface area (Å²) in [6.45, 7) is 0. The molecule has 0 unspecified atom stereocenters. The second kappa shape index (κ2) is 19.1. The molecule has 17 rings (SSSR count). The summed E-state index contributed by atoms with van der Waals surface area (Å²) in [6, 6.07) is 74.6. The highest BCUT2D eigenvalue weighted by atomic mass is 16.2. The Labute approximate surface area is 492 Å². The van der Waals surface area contributed by atoms with E-state index in [1.807, 2.05) is 187 Å². The maximum atomic E-state index is 14.8. The molecular weight excluding hydrogens is 1080 g/mol. The fraction of sp³-hybridized carbons (Fsp3) is 0. The molecule has 0 saturated heterocycles. The number of fused-ring (bicyclic) bond motifs is 11. The molecule has 87 heavy (non-hydrogen) atoms. The highest BCUT2D eigenvalue weighted by Gasteiger charge is 2.33. The Balaban J connectivity index is 0.734. The Morgan fingerprint density at radius 3 is 1.29 bits per heavy atom. The number of ketones is 2. The average molecular weight is 1120 g/mol. The first-order valence-corrected chi connectivity index (χ1v) is 28.1. The predicted octanol–water partition coefficient (Wildman–Crippen LogP) is 13.3. The molecule has 2 aliphatic heterocycles. The van der Waals surface area contributed by atoms with Gasteiger partial charge in [0.05, 0.1) is 55.3 Å². The smallest absolute Gasteiger partial charge is 0.266 e. The van der Waals surface area contributed by atoms with Crippen LogP contribution < -0.4 is 11.1 Å². The number of carbonyl (C=O) groups excluding carboxylic acids is 2. The third-order valence-electron chi connectivity index (χ3n) is 16.3. The van der Waals surface area contributed by atoms with E-state index in [0.717, 1.165) is 60.8 Å². The van der Waals surface area contributed by atoms with Crippen LogP contribution in [-0.4, -0.2) is 65.1 Å². The van der Waals surface area contributed by atoms with E-state index in [9.17, 15) is 19.2 Å². The second-order valence-electron chi connectivity index (χ2n) is 21.4. The molecule has 0 bridgehead atoms. The molecular formula is C72H39N11O4. The van der Waals surface area contributed by atoms with Crippen LogP contribution >= 0.6 is 0 Å². The Morgan fingerprint density at radius 1 is 0.253 bits per heavy atom. The highest BCUT2D eigenvalue weighted by molar-refractivity contribution is 6.15. The summed E-state index contributed by atoms with van der Waals surface area (Å²) in [5.41, 5.74) is 10.5. The van der Waals surface area contributed by atoms with Gasteiger partial charge in [0.25, 0.3) is 11.1 Å². The first-order chi connectivity index (χ1) is 42.8. The molecule has 0 saturated carbocycles. The molecule has 2 aliphatic rings. The molecule has 15 aromatic rings. The van der Waals surface area contributed by atoms with E-state index in [4.69, 9.17) is 34.9 Å². The van der Waals surface area contributed by atoms with E-state index in [-0.39, 0.29) is 34.3 Å². The topological polar surface area (TPSA) is 186 Å². The van der Waals surface area contributed by atoms with Gasteiger partial charge in [-0.05, 0) is 101 Å². The molecule has 0 atom stereocenters. The second-order valence-corrected chi connectivity index (χ2v) is 21.4. The molecule has 7 heterocycles. The molecule has 0 radical (unpaired) electrons. The van der Waals surface area contributed by atoms with Crippen molar-refractivity contribution < 1.29 is 9.59 Å². The van der Waals surface area contributed by atoms with Gasteiger partial charge in [0.1, 0.15) is 0 Å². The largest absolute Gasteiger partial charge is 0.285 e. The standard InChI is InChI=1S/C72H39N11O4/c84-61-53-38-46(29-33-59(53)82-68(61)73-55-25-12-10-24-50(55)70(82)86)45-28-32-58-51(36-45)49-23-11-13-26-57(49)81(58)72-79-65(42-19-8-3-9-20-42)78-67(80-72)47-22-14-21-43(35-47)44-27-31-56-52(37-44)71(87)83-60-34-30-48(39-54(60)62(85)69(83)74-56)66-76-63(40-15-4-1-5-16-40)75-64(77-66)41-17-6-2-7-18-41/h1-39H. The van der Waals surface area contributed by atoms with Crippen molar-refractivity contribution in [3.8, 4) is 96.5 Å². The van der Waals surface area contributed by atoms with Crippen LogP contribution in [0.3, 0.4) is 0 Å². The summed E-state index contributed by atoms with van der Waals surface area (Å²) in [7, 11) is 0. The zero-order chi connectivity index (χ0) is 58.0. The van der Waals surface area contributed by atoms with Crippen LogP contribution in [0.4, 0.5) is 0 Å². The summed E-state index contributed by atoms with van der Waals surface area (Å²) < 4.78 is 4.86. The number of carbonyl (C=O) groups is 2. The van der Waals surface area contributed by atoms with Crippen molar-refractivity contribution >= 4 is 55.2 Å². The number of rotatable bonds is 8. The maximum absolute atomic E-state index is 14.8. The zero-order valence-corrected chi connectivity index (χ0v) is 45.6. The van der Waals surface area contributed by atoms with Gasteiger partial charge in [0.2, 0.25) is 17.5 Å². The van der Waals surface area contributed by atoms with E-state index in [2.05, 4.69) is 17.1 Å². The minimum Gasteiger partial charge on any atom is -0.285 e. The van der Waals surface area contributed by atoms with Crippen LogP contribution in [0.15, 0.2) is 246 Å². The Hall–Kier alpha value is -12.4. The minimum atomic E-state index is -0.381. The number of nitrogens with zero attached hydrogens (tertiary/aromatic N) is 11. The minimum absolute atomic E-state index is 0.0267. The van der Waals surface area contributed by atoms with E-state index in [1.165, 1.54) is 9.13 Å². The first kappa shape index (κ1) is 49.3. The first-order valence-electron chi connectivity index (χ1n) is 28.1. The zero-order valence-electron chi connectivity index (χ0n) is 45.6. The van der Waals surface area contributed by atoms with Crippen molar-refractivity contribution in [1.82, 2.24) is 53.6 Å². The SMILES string of the molecule is O=C1c2cc(-c3ccc4c(c3)c3ccccc3n4-c3nc(-c4ccccc4)nc(-c4cccc(-c5ccc6nc7n(c(=O)c6c5)-c5ccc(-c6nc(-c8ccccc8)nc(-c8ccccc8)n6)cc5C7=O)c4)n3)ccc2-n2c1nc1ccccc1c2=O. The van der Waals surface area contributed by atoms with E-state index >= 15 is 0 Å². The number of benzene rings is 10. The molecule has 15 heteroatoms. The van der Waals surface area contributed by atoms with Crippen LogP contribution in [0, 0.1) is 0 Å². The average Bonchev–Trinajstić information content (AvgIpc) is 3.59. The van der Waals surface area contributed by atoms with Gasteiger partial charge in [-0.15, -0.1) is 0 Å². The summed E-state index contributed by atoms with van der Waals surface area (Å²) in [5.74, 6) is 2.09. The van der Waals surface area contributed by atoms with Gasteiger partial charge in [0.15, 0.2) is 40.8 Å². The molecule has 406 valence electrons. The Bertz CT molecular complexity index is 5570. The number of aromatic nitrogens is 11. The van der Waals surface area contributed by atoms with Crippen LogP contribution in [0.1, 0.15) is 32.4 Å². The van der Waals surface area contributed by atoms with Gasteiger partial charge in [-0.25, -0.2) is 29.9 Å². The predicted molar refractivity (Wildman–Crippen MR) is 334 cm³/mol. The van der Waals surface area contributed by atoms with Crippen LogP contribution in [0.25, 0.3) is 140 Å². The molecule has 15 nitrogen and oxygen atoms in total. The summed E-state index contributed by atoms with van der Waals surface area (Å²) in [5, 5.41) is 2.69. The highest BCUT2D eigenvalue weighted by Crippen LogP contribution is 2.39. The molecule has 0 amide bonds. The fourth-order valence-electron chi connectivity index (χ4n) is 12.1. The van der Waals surface area contributed by atoms with Gasteiger partial charge < -0.3 is 0 Å². The van der Waals surface area contributed by atoms with Crippen LogP contribution in [0.2, 0.25) is 0 Å². The van der Waals surface area contributed by atoms with Crippen molar-refractivity contribution in [3.63, 3.8) is 0 Å². The van der Waals surface area contributed by atoms with E-state index in [0.29, 0.717) is 90.5 Å². The monoisotopic (exact) mass is 1120 g/mol. The maximum Gasteiger partial charge on any atom is 0.266 e. The molecule has 5 aromatic heterocycles. The van der Waals surface area contributed by atoms with Crippen LogP contribution in [0.5, 0.6) is 0 Å². The van der Waals surface area contributed by atoms with Crippen molar-refractivity contribution in [2.45, 2.75) is 0 Å². The lowest BCUT2D eigenvalue weighted by Gasteiger charge is -2.12. The molecule has 10 aromatic carbocycles. The third-order valence-corrected chi connectivity index (χ3v) is 16.3. The lowest BCUT2D eigenvalue weighted by atomic mass is 9.99. The van der Waals surface area contributed by atoms with Crippen molar-refractivity contribution in [1.29, 1.82) is 0 Å². The van der Waals surface area contributed by atoms with Gasteiger partial charge in [-0.2, -0.15) is 9.97 Å². The summed E-state index contributed by atoms with van der Waals surface area (Å²) in [4.78, 5) is 96.2. The van der Waals surface area contributed by atoms with Crippen molar-refractivity contribution in [2.75, 3.05) is 0 Å². The van der Waals surface area contributed by atoms with E-state index < -0.39 is 0 Å². The van der Waals surface area contributed by atoms with Gasteiger partial charge in [-0.1, -0.05) is 158 Å². The lowest BCUT2D eigenvalue weighted by Crippen LogP contribution is -2.21. The van der Waals surface area contributed by atoms with Gasteiger partial charge in [0, 0.05) is 38.6 Å². The third kappa shape index (κ3) is 7.83. The molecule has 0 fully saturated rings. The fourth-order valence-corrected chi connectivity index (χ4v) is 12.1. The number of para-hydroxylation sites is 2. The summed E-state index contributed by atoms with van der Waals surface area (Å²) >= 11 is 0. The van der Waals surface area contributed by atoms with Crippen LogP contribution in [-0.2, 0) is 0 Å². The van der Waals surface area contributed by atoms with Crippen molar-refractivity contribution in [2.24, 2.45) is 0 Å². The Kier molecular flexibility index (Phi) is 10.8. The molecule has 0 spiro atoms. The normalized spacial score (nSPS) is 12.3. The number of hydrogen-bond acceptors (Lipinski definition) is 12.